The van der Waals surface area contributed by atoms with Crippen molar-refractivity contribution in [3.63, 3.8) is 0 Å². The Bertz CT molecular complexity index is 569. The van der Waals surface area contributed by atoms with Gasteiger partial charge in [0.05, 0.1) is 0 Å². The van der Waals surface area contributed by atoms with Crippen LogP contribution in [0, 0.1) is 24.7 Å². The minimum absolute atomic E-state index is 0.454. The van der Waals surface area contributed by atoms with Crippen molar-refractivity contribution in [3.8, 4) is 0 Å². The highest BCUT2D eigenvalue weighted by molar-refractivity contribution is 5.39. The largest absolute Gasteiger partial charge is 0.299 e. The number of hydrogen-bond acceptors (Lipinski definition) is 1. The van der Waals surface area contributed by atoms with Crippen LogP contribution in [0.1, 0.15) is 50.2 Å². The normalized spacial score (nSPS) is 34.9. The fourth-order valence-electron chi connectivity index (χ4n) is 5.25. The summed E-state index contributed by atoms with van der Waals surface area (Å²) in [4.78, 5) is 2.67. The molecule has 1 aromatic carbocycles. The maximum absolute atomic E-state index is 2.67. The number of likely N-dealkylation sites (tertiary alicyclic amines) is 1. The fourth-order valence-corrected chi connectivity index (χ4v) is 5.25. The smallest absolute Gasteiger partial charge is 0.0163 e. The number of hydrogen-bond donors (Lipinski definition) is 0. The minimum Gasteiger partial charge on any atom is -0.299 e. The molecule has 0 radical (unpaired) electrons. The molecule has 1 saturated heterocycles. The predicted octanol–water partition coefficient (Wildman–Crippen LogP) is 4.95. The molecule has 1 nitrogen and oxygen atoms in total. The van der Waals surface area contributed by atoms with Crippen LogP contribution in [0.3, 0.4) is 0 Å². The zero-order chi connectivity index (χ0) is 15.9. The molecule has 1 aliphatic heterocycles. The van der Waals surface area contributed by atoms with E-state index in [-0.39, 0.29) is 0 Å². The summed E-state index contributed by atoms with van der Waals surface area (Å²) >= 11 is 0. The average molecular weight is 309 g/mol. The van der Waals surface area contributed by atoms with E-state index < -0.39 is 0 Å². The van der Waals surface area contributed by atoms with Crippen LogP contribution in [0.4, 0.5) is 0 Å². The Morgan fingerprint density at radius 3 is 2.57 bits per heavy atom. The third kappa shape index (κ3) is 2.89. The van der Waals surface area contributed by atoms with Crippen molar-refractivity contribution < 1.29 is 0 Å². The molecule has 0 spiro atoms. The van der Waals surface area contributed by atoms with Crippen molar-refractivity contribution in [2.75, 3.05) is 19.6 Å². The Hall–Kier alpha value is -1.08. The Labute approximate surface area is 141 Å². The van der Waals surface area contributed by atoms with Crippen molar-refractivity contribution in [2.24, 2.45) is 17.8 Å². The summed E-state index contributed by atoms with van der Waals surface area (Å²) in [5.74, 6) is 2.64. The van der Waals surface area contributed by atoms with E-state index in [0.717, 1.165) is 17.8 Å². The average Bonchev–Trinajstić information content (AvgIpc) is 2.93. The predicted molar refractivity (Wildman–Crippen MR) is 97.7 cm³/mol. The zero-order valence-electron chi connectivity index (χ0n) is 14.8. The number of nitrogens with zero attached hydrogens (tertiary/aromatic N) is 1. The van der Waals surface area contributed by atoms with Gasteiger partial charge in [0.2, 0.25) is 0 Å². The molecule has 0 bridgehead atoms. The number of rotatable bonds is 4. The molecule has 23 heavy (non-hydrogen) atoms. The molecule has 2 atom stereocenters. The SMILES string of the molecule is Cc1cccc(C2(C)C3CN(C/C=C/C4CCCCC4)CC32)c1. The van der Waals surface area contributed by atoms with Gasteiger partial charge in [-0.3, -0.25) is 4.90 Å². The third-order valence-electron chi connectivity index (χ3n) is 6.89. The molecule has 2 aliphatic carbocycles. The van der Waals surface area contributed by atoms with Crippen LogP contribution in [-0.2, 0) is 5.41 Å². The van der Waals surface area contributed by atoms with Gasteiger partial charge in [-0.25, -0.2) is 0 Å². The Kier molecular flexibility index (Phi) is 4.09. The summed E-state index contributed by atoms with van der Waals surface area (Å²) in [6.07, 6.45) is 12.2. The summed E-state index contributed by atoms with van der Waals surface area (Å²) in [5, 5.41) is 0. The first kappa shape index (κ1) is 15.4. The van der Waals surface area contributed by atoms with Crippen LogP contribution in [0.5, 0.6) is 0 Å². The van der Waals surface area contributed by atoms with Gasteiger partial charge < -0.3 is 0 Å². The lowest BCUT2D eigenvalue weighted by atomic mass is 9.89. The van der Waals surface area contributed by atoms with E-state index in [9.17, 15) is 0 Å². The number of aryl methyl sites for hydroxylation is 1. The van der Waals surface area contributed by atoms with Crippen LogP contribution < -0.4 is 0 Å². The third-order valence-corrected chi connectivity index (χ3v) is 6.89. The summed E-state index contributed by atoms with van der Waals surface area (Å²) in [7, 11) is 0. The van der Waals surface area contributed by atoms with Gasteiger partial charge in [0.25, 0.3) is 0 Å². The van der Waals surface area contributed by atoms with E-state index in [2.05, 4.69) is 55.2 Å². The molecule has 3 aliphatic rings. The van der Waals surface area contributed by atoms with E-state index in [1.54, 1.807) is 5.56 Å². The molecule has 1 heteroatoms. The number of fused-ring (bicyclic) bond motifs is 1. The first-order valence-corrected chi connectivity index (χ1v) is 9.64. The molecule has 2 saturated carbocycles. The van der Waals surface area contributed by atoms with Gasteiger partial charge >= 0.3 is 0 Å². The van der Waals surface area contributed by atoms with Crippen molar-refractivity contribution in [1.82, 2.24) is 4.90 Å². The van der Waals surface area contributed by atoms with E-state index in [0.29, 0.717) is 5.41 Å². The highest BCUT2D eigenvalue weighted by Gasteiger charge is 2.65. The molecule has 124 valence electrons. The van der Waals surface area contributed by atoms with Crippen LogP contribution in [0.2, 0.25) is 0 Å². The van der Waals surface area contributed by atoms with Gasteiger partial charge in [-0.1, -0.05) is 68.2 Å². The minimum atomic E-state index is 0.454. The molecule has 1 aromatic rings. The van der Waals surface area contributed by atoms with Crippen LogP contribution >= 0.6 is 0 Å². The quantitative estimate of drug-likeness (QED) is 0.711. The molecular weight excluding hydrogens is 278 g/mol. The van der Waals surface area contributed by atoms with Gasteiger partial charge in [-0.05, 0) is 43.1 Å². The Balaban J connectivity index is 1.30. The van der Waals surface area contributed by atoms with Crippen molar-refractivity contribution in [1.29, 1.82) is 0 Å². The summed E-state index contributed by atoms with van der Waals surface area (Å²) in [6.45, 7) is 8.47. The highest BCUT2D eigenvalue weighted by Crippen LogP contribution is 2.63. The van der Waals surface area contributed by atoms with E-state index in [1.165, 1.54) is 57.3 Å². The molecule has 0 aromatic heterocycles. The van der Waals surface area contributed by atoms with Gasteiger partial charge in [0, 0.05) is 25.0 Å². The molecule has 3 fully saturated rings. The second kappa shape index (κ2) is 6.09. The molecule has 2 unspecified atom stereocenters. The van der Waals surface area contributed by atoms with Crippen LogP contribution in [0.15, 0.2) is 36.4 Å². The molecule has 0 amide bonds. The molecule has 0 N–H and O–H groups in total. The van der Waals surface area contributed by atoms with E-state index in [4.69, 9.17) is 0 Å². The fraction of sp³-hybridized carbons (Fsp3) is 0.636. The van der Waals surface area contributed by atoms with Gasteiger partial charge in [0.15, 0.2) is 0 Å². The van der Waals surface area contributed by atoms with Crippen molar-refractivity contribution >= 4 is 0 Å². The first-order chi connectivity index (χ1) is 11.2. The maximum Gasteiger partial charge on any atom is 0.0163 e. The van der Waals surface area contributed by atoms with E-state index >= 15 is 0 Å². The number of piperidine rings is 1. The zero-order valence-corrected chi connectivity index (χ0v) is 14.8. The number of benzene rings is 1. The maximum atomic E-state index is 2.67. The number of allylic oxidation sites excluding steroid dienone is 1. The lowest BCUT2D eigenvalue weighted by Crippen LogP contribution is -2.29. The lowest BCUT2D eigenvalue weighted by Gasteiger charge is -2.24. The van der Waals surface area contributed by atoms with Crippen LogP contribution in [-0.4, -0.2) is 24.5 Å². The standard InChI is InChI=1S/C22H31N/c1-17-8-6-12-19(14-17)22(2)20-15-23(16-21(20)22)13-7-11-18-9-4-3-5-10-18/h6-8,11-12,14,18,20-21H,3-5,9-10,13,15-16H2,1-2H3/b11-7+. The highest BCUT2D eigenvalue weighted by atomic mass is 15.2. The molecule has 1 heterocycles. The second-order valence-corrected chi connectivity index (χ2v) is 8.41. The van der Waals surface area contributed by atoms with Gasteiger partial charge in [-0.15, -0.1) is 0 Å². The van der Waals surface area contributed by atoms with Gasteiger partial charge in [-0.2, -0.15) is 0 Å². The molecule has 4 rings (SSSR count). The topological polar surface area (TPSA) is 3.24 Å². The summed E-state index contributed by atoms with van der Waals surface area (Å²) in [6, 6.07) is 9.20. The molecular formula is C22H31N. The Morgan fingerprint density at radius 1 is 1.13 bits per heavy atom. The first-order valence-electron chi connectivity index (χ1n) is 9.64. The van der Waals surface area contributed by atoms with E-state index in [1.807, 2.05) is 0 Å². The second-order valence-electron chi connectivity index (χ2n) is 8.41. The Morgan fingerprint density at radius 2 is 1.87 bits per heavy atom. The summed E-state index contributed by atoms with van der Waals surface area (Å²) in [5.41, 5.74) is 3.43. The monoisotopic (exact) mass is 309 g/mol. The van der Waals surface area contributed by atoms with Gasteiger partial charge in [0.1, 0.15) is 0 Å². The van der Waals surface area contributed by atoms with Crippen LogP contribution in [0.25, 0.3) is 0 Å². The van der Waals surface area contributed by atoms with Crippen molar-refractivity contribution in [2.45, 2.75) is 51.4 Å². The summed E-state index contributed by atoms with van der Waals surface area (Å²) < 4.78 is 0. The van der Waals surface area contributed by atoms with Crippen molar-refractivity contribution in [3.05, 3.63) is 47.5 Å². The lowest BCUT2D eigenvalue weighted by molar-refractivity contribution is 0.303.